The van der Waals surface area contributed by atoms with Crippen molar-refractivity contribution in [3.63, 3.8) is 0 Å². The first-order chi connectivity index (χ1) is 14.3. The average Bonchev–Trinajstić information content (AvgIpc) is 3.21. The number of nitrogens with one attached hydrogen (secondary N) is 2. The van der Waals surface area contributed by atoms with Crippen molar-refractivity contribution in [2.24, 2.45) is 0 Å². The number of ether oxygens (including phenoxy) is 1. The van der Waals surface area contributed by atoms with E-state index in [1.807, 2.05) is 0 Å². The van der Waals surface area contributed by atoms with Crippen LogP contribution in [0.4, 0.5) is 4.39 Å². The summed E-state index contributed by atoms with van der Waals surface area (Å²) in [7, 11) is -3.86. The topological polar surface area (TPSA) is 105 Å². The Bertz CT molecular complexity index is 1020. The SMILES string of the molecule is O=C(NCc1ccc(F)cc1)C(=O)NC[C@@H]1OCCN1S(=O)(=O)c1ccc(Cl)cc1. The van der Waals surface area contributed by atoms with Gasteiger partial charge in [0.2, 0.25) is 10.0 Å². The highest BCUT2D eigenvalue weighted by Gasteiger charge is 2.36. The lowest BCUT2D eigenvalue weighted by molar-refractivity contribution is -0.139. The summed E-state index contributed by atoms with van der Waals surface area (Å²) in [5, 5.41) is 5.18. The van der Waals surface area contributed by atoms with Crippen LogP contribution in [0.15, 0.2) is 53.4 Å². The van der Waals surface area contributed by atoms with Gasteiger partial charge in [0.1, 0.15) is 12.0 Å². The molecule has 8 nitrogen and oxygen atoms in total. The van der Waals surface area contributed by atoms with Crippen molar-refractivity contribution in [3.05, 3.63) is 64.9 Å². The smallest absolute Gasteiger partial charge is 0.309 e. The normalized spacial score (nSPS) is 16.9. The van der Waals surface area contributed by atoms with Crippen LogP contribution in [0.3, 0.4) is 0 Å². The zero-order chi connectivity index (χ0) is 21.7. The number of hydrogen-bond acceptors (Lipinski definition) is 5. The number of sulfonamides is 1. The first-order valence-corrected chi connectivity index (χ1v) is 10.8. The van der Waals surface area contributed by atoms with E-state index in [9.17, 15) is 22.4 Å². The maximum atomic E-state index is 12.9. The van der Waals surface area contributed by atoms with Gasteiger partial charge in [-0.2, -0.15) is 4.31 Å². The average molecular weight is 456 g/mol. The molecule has 0 spiro atoms. The molecule has 30 heavy (non-hydrogen) atoms. The van der Waals surface area contributed by atoms with E-state index in [1.165, 1.54) is 48.5 Å². The van der Waals surface area contributed by atoms with E-state index in [0.29, 0.717) is 10.6 Å². The molecular weight excluding hydrogens is 437 g/mol. The molecule has 0 bridgehead atoms. The van der Waals surface area contributed by atoms with E-state index in [-0.39, 0.29) is 31.1 Å². The Morgan fingerprint density at radius 2 is 1.70 bits per heavy atom. The Kier molecular flexibility index (Phi) is 7.03. The van der Waals surface area contributed by atoms with Crippen LogP contribution < -0.4 is 10.6 Å². The molecule has 0 radical (unpaired) electrons. The van der Waals surface area contributed by atoms with Gasteiger partial charge in [-0.3, -0.25) is 9.59 Å². The summed E-state index contributed by atoms with van der Waals surface area (Å²) in [5.74, 6) is -2.24. The summed E-state index contributed by atoms with van der Waals surface area (Å²) in [5.41, 5.74) is 0.622. The van der Waals surface area contributed by atoms with Crippen LogP contribution in [-0.4, -0.2) is 50.5 Å². The Hall–Kier alpha value is -2.53. The standard InChI is InChI=1S/C19H19ClFN3O5S/c20-14-3-7-16(8-4-14)30(27,28)24-9-10-29-17(24)12-23-19(26)18(25)22-11-13-1-5-15(21)6-2-13/h1-8,17H,9-12H2,(H,22,25)(H,23,26)/t17-/m0/s1. The fourth-order valence-corrected chi connectivity index (χ4v) is 4.45. The highest BCUT2D eigenvalue weighted by atomic mass is 35.5. The summed E-state index contributed by atoms with van der Waals surface area (Å²) in [6.07, 6.45) is -0.945. The number of hydrogen-bond donors (Lipinski definition) is 2. The fraction of sp³-hybridized carbons (Fsp3) is 0.263. The Morgan fingerprint density at radius 1 is 1.07 bits per heavy atom. The van der Waals surface area contributed by atoms with Crippen molar-refractivity contribution in [1.29, 1.82) is 0 Å². The molecule has 1 saturated heterocycles. The van der Waals surface area contributed by atoms with Gasteiger partial charge in [0.05, 0.1) is 18.0 Å². The van der Waals surface area contributed by atoms with Gasteiger partial charge in [-0.05, 0) is 42.0 Å². The van der Waals surface area contributed by atoms with Gasteiger partial charge in [0, 0.05) is 18.1 Å². The molecule has 1 atom stereocenters. The molecule has 11 heteroatoms. The van der Waals surface area contributed by atoms with Gasteiger partial charge in [-0.1, -0.05) is 23.7 Å². The molecular formula is C19H19ClFN3O5S. The number of carbonyl (C=O) groups is 2. The number of carbonyl (C=O) groups excluding carboxylic acids is 2. The van der Waals surface area contributed by atoms with Crippen LogP contribution >= 0.6 is 11.6 Å². The van der Waals surface area contributed by atoms with Crippen LogP contribution in [0.5, 0.6) is 0 Å². The first-order valence-electron chi connectivity index (χ1n) is 8.97. The number of amides is 2. The van der Waals surface area contributed by atoms with E-state index in [1.54, 1.807) is 0 Å². The summed E-state index contributed by atoms with van der Waals surface area (Å²) in [4.78, 5) is 24.0. The van der Waals surface area contributed by atoms with Crippen LogP contribution in [0.1, 0.15) is 5.56 Å². The van der Waals surface area contributed by atoms with E-state index in [4.69, 9.17) is 16.3 Å². The van der Waals surface area contributed by atoms with Gasteiger partial charge >= 0.3 is 11.8 Å². The Labute approximate surface area is 178 Å². The zero-order valence-electron chi connectivity index (χ0n) is 15.7. The van der Waals surface area contributed by atoms with Crippen LogP contribution in [0, 0.1) is 5.82 Å². The molecule has 0 aliphatic carbocycles. The summed E-state index contributed by atoms with van der Waals surface area (Å²) < 4.78 is 45.0. The quantitative estimate of drug-likeness (QED) is 0.638. The lowest BCUT2D eigenvalue weighted by Gasteiger charge is -2.22. The van der Waals surface area contributed by atoms with E-state index in [2.05, 4.69) is 10.6 Å². The molecule has 1 aliphatic heterocycles. The molecule has 1 aliphatic rings. The predicted octanol–water partition coefficient (Wildman–Crippen LogP) is 1.26. The minimum absolute atomic E-state index is 0.0452. The second kappa shape index (κ2) is 9.52. The van der Waals surface area contributed by atoms with Crippen molar-refractivity contribution >= 4 is 33.4 Å². The molecule has 1 heterocycles. The highest BCUT2D eigenvalue weighted by Crippen LogP contribution is 2.23. The molecule has 3 rings (SSSR count). The lowest BCUT2D eigenvalue weighted by atomic mass is 10.2. The highest BCUT2D eigenvalue weighted by molar-refractivity contribution is 7.89. The van der Waals surface area contributed by atoms with Crippen LogP contribution in [-0.2, 0) is 30.9 Å². The number of nitrogens with zero attached hydrogens (tertiary/aromatic N) is 1. The largest absolute Gasteiger partial charge is 0.359 e. The van der Waals surface area contributed by atoms with Crippen molar-refractivity contribution < 1.29 is 27.1 Å². The van der Waals surface area contributed by atoms with Crippen molar-refractivity contribution in [3.8, 4) is 0 Å². The lowest BCUT2D eigenvalue weighted by Crippen LogP contribution is -2.47. The van der Waals surface area contributed by atoms with Crippen molar-refractivity contribution in [2.75, 3.05) is 19.7 Å². The summed E-state index contributed by atoms with van der Waals surface area (Å²) in [6, 6.07) is 11.2. The zero-order valence-corrected chi connectivity index (χ0v) is 17.2. The van der Waals surface area contributed by atoms with E-state index < -0.39 is 33.9 Å². The molecule has 160 valence electrons. The second-order valence-corrected chi connectivity index (χ2v) is 8.74. The third kappa shape index (κ3) is 5.33. The van der Waals surface area contributed by atoms with Crippen LogP contribution in [0.25, 0.3) is 0 Å². The van der Waals surface area contributed by atoms with Gasteiger partial charge < -0.3 is 15.4 Å². The summed E-state index contributed by atoms with van der Waals surface area (Å²) >= 11 is 5.80. The monoisotopic (exact) mass is 455 g/mol. The minimum atomic E-state index is -3.86. The maximum Gasteiger partial charge on any atom is 0.309 e. The third-order valence-electron chi connectivity index (χ3n) is 4.37. The first kappa shape index (κ1) is 22.2. The number of benzene rings is 2. The third-order valence-corrected chi connectivity index (χ3v) is 6.53. The molecule has 2 aromatic rings. The minimum Gasteiger partial charge on any atom is -0.359 e. The van der Waals surface area contributed by atoms with Gasteiger partial charge in [-0.25, -0.2) is 12.8 Å². The second-order valence-electron chi connectivity index (χ2n) is 6.41. The fourth-order valence-electron chi connectivity index (χ4n) is 2.81. The number of rotatable bonds is 6. The van der Waals surface area contributed by atoms with Gasteiger partial charge in [0.25, 0.3) is 0 Å². The molecule has 0 saturated carbocycles. The molecule has 0 aromatic heterocycles. The molecule has 1 fully saturated rings. The summed E-state index contributed by atoms with van der Waals surface area (Å²) in [6.45, 7) is 0.117. The number of halogens is 2. The molecule has 2 N–H and O–H groups in total. The predicted molar refractivity (Wildman–Crippen MR) is 106 cm³/mol. The molecule has 2 aromatic carbocycles. The van der Waals surface area contributed by atoms with Crippen LogP contribution in [0.2, 0.25) is 5.02 Å². The van der Waals surface area contributed by atoms with E-state index in [0.717, 1.165) is 4.31 Å². The molecule has 0 unspecified atom stereocenters. The Balaban J connectivity index is 1.54. The van der Waals surface area contributed by atoms with Crippen molar-refractivity contribution in [1.82, 2.24) is 14.9 Å². The van der Waals surface area contributed by atoms with E-state index >= 15 is 0 Å². The maximum absolute atomic E-state index is 12.9. The Morgan fingerprint density at radius 3 is 2.37 bits per heavy atom. The van der Waals surface area contributed by atoms with Crippen molar-refractivity contribution in [2.45, 2.75) is 17.7 Å². The van der Waals surface area contributed by atoms with Gasteiger partial charge in [0.15, 0.2) is 0 Å². The van der Waals surface area contributed by atoms with Gasteiger partial charge in [-0.15, -0.1) is 0 Å². The molecule has 2 amide bonds.